The third kappa shape index (κ3) is 8.53. The van der Waals surface area contributed by atoms with Crippen molar-refractivity contribution in [3.05, 3.63) is 132 Å². The molecule has 4 rings (SSSR count). The van der Waals surface area contributed by atoms with Gasteiger partial charge < -0.3 is 27.2 Å². The average molecular weight is 578 g/mol. The first-order valence-corrected chi connectivity index (χ1v) is 14.0. The fraction of sp³-hybridized carbons (Fsp3) is 0.176. The number of carboxylic acid groups (broad SMARTS) is 1. The fourth-order valence-electron chi connectivity index (χ4n) is 4.89. The van der Waals surface area contributed by atoms with Crippen LogP contribution in [0.15, 0.2) is 120 Å². The molecule has 220 valence electrons. The summed E-state index contributed by atoms with van der Waals surface area (Å²) in [5.41, 5.74) is 14.6. The summed E-state index contributed by atoms with van der Waals surface area (Å²) in [6.07, 6.45) is 0.432. The molecule has 2 unspecified atom stereocenters. The Kier molecular flexibility index (Phi) is 10.6. The van der Waals surface area contributed by atoms with Crippen LogP contribution in [0.2, 0.25) is 0 Å². The fourth-order valence-corrected chi connectivity index (χ4v) is 4.89. The SMILES string of the molecule is NC(N)=NCCCC(NC(=O)C(NC(=O)c1ccc(-c2ccccc2)cc1)C(c1ccccc1)c1ccccc1)C(=O)O. The Labute approximate surface area is 250 Å². The molecule has 4 aromatic carbocycles. The quantitative estimate of drug-likeness (QED) is 0.0920. The molecule has 2 amide bonds. The van der Waals surface area contributed by atoms with Crippen molar-refractivity contribution in [1.82, 2.24) is 10.6 Å². The lowest BCUT2D eigenvalue weighted by Crippen LogP contribution is -2.54. The summed E-state index contributed by atoms with van der Waals surface area (Å²) in [4.78, 5) is 43.5. The summed E-state index contributed by atoms with van der Waals surface area (Å²) in [6.45, 7) is 0.220. The zero-order valence-corrected chi connectivity index (χ0v) is 23.6. The van der Waals surface area contributed by atoms with E-state index in [-0.39, 0.29) is 18.9 Å². The number of hydrogen-bond donors (Lipinski definition) is 5. The zero-order chi connectivity index (χ0) is 30.6. The molecule has 0 heterocycles. The molecule has 4 aromatic rings. The molecule has 0 radical (unpaired) electrons. The van der Waals surface area contributed by atoms with Crippen LogP contribution in [-0.4, -0.2) is 47.5 Å². The minimum Gasteiger partial charge on any atom is -0.480 e. The smallest absolute Gasteiger partial charge is 0.326 e. The van der Waals surface area contributed by atoms with Crippen LogP contribution in [0.5, 0.6) is 0 Å². The monoisotopic (exact) mass is 577 g/mol. The van der Waals surface area contributed by atoms with Crippen molar-refractivity contribution in [1.29, 1.82) is 0 Å². The highest BCUT2D eigenvalue weighted by Gasteiger charge is 2.34. The number of rotatable bonds is 13. The first-order chi connectivity index (χ1) is 20.8. The number of carbonyl (C=O) groups excluding carboxylic acids is 2. The van der Waals surface area contributed by atoms with Gasteiger partial charge in [-0.05, 0) is 47.2 Å². The number of carboxylic acids is 1. The van der Waals surface area contributed by atoms with E-state index in [0.717, 1.165) is 22.3 Å². The Bertz CT molecular complexity index is 1480. The number of hydrogen-bond acceptors (Lipinski definition) is 4. The van der Waals surface area contributed by atoms with Gasteiger partial charge in [0.15, 0.2) is 5.96 Å². The molecule has 0 saturated carbocycles. The minimum atomic E-state index is -1.21. The molecule has 0 aliphatic carbocycles. The number of nitrogens with zero attached hydrogens (tertiary/aromatic N) is 1. The number of guanidine groups is 1. The maximum Gasteiger partial charge on any atom is 0.326 e. The Hall–Kier alpha value is -5.44. The van der Waals surface area contributed by atoms with Gasteiger partial charge in [0.2, 0.25) is 5.91 Å². The molecule has 9 nitrogen and oxygen atoms in total. The number of aliphatic carboxylic acids is 1. The van der Waals surface area contributed by atoms with E-state index < -0.39 is 35.8 Å². The second kappa shape index (κ2) is 15.0. The second-order valence-electron chi connectivity index (χ2n) is 10.0. The summed E-state index contributed by atoms with van der Waals surface area (Å²) in [7, 11) is 0. The summed E-state index contributed by atoms with van der Waals surface area (Å²) < 4.78 is 0. The van der Waals surface area contributed by atoms with Crippen LogP contribution in [0, 0.1) is 0 Å². The van der Waals surface area contributed by atoms with Gasteiger partial charge >= 0.3 is 5.97 Å². The van der Waals surface area contributed by atoms with Crippen molar-refractivity contribution in [3.63, 3.8) is 0 Å². The first kappa shape index (κ1) is 30.5. The molecule has 0 aromatic heterocycles. The summed E-state index contributed by atoms with van der Waals surface area (Å²) in [5.74, 6) is -2.98. The van der Waals surface area contributed by atoms with Crippen molar-refractivity contribution >= 4 is 23.7 Å². The van der Waals surface area contributed by atoms with Crippen LogP contribution in [-0.2, 0) is 9.59 Å². The first-order valence-electron chi connectivity index (χ1n) is 14.0. The van der Waals surface area contributed by atoms with E-state index in [0.29, 0.717) is 12.0 Å². The van der Waals surface area contributed by atoms with Gasteiger partial charge in [-0.25, -0.2) is 4.79 Å². The van der Waals surface area contributed by atoms with Crippen molar-refractivity contribution < 1.29 is 19.5 Å². The topological polar surface area (TPSA) is 160 Å². The molecule has 43 heavy (non-hydrogen) atoms. The molecule has 0 aliphatic heterocycles. The van der Waals surface area contributed by atoms with Gasteiger partial charge in [-0.15, -0.1) is 0 Å². The highest BCUT2D eigenvalue weighted by atomic mass is 16.4. The number of aliphatic imine (C=N–C) groups is 1. The van der Waals surface area contributed by atoms with Gasteiger partial charge in [0.25, 0.3) is 5.91 Å². The number of nitrogens with two attached hydrogens (primary N) is 2. The molecule has 0 fully saturated rings. The van der Waals surface area contributed by atoms with Gasteiger partial charge in [-0.2, -0.15) is 0 Å². The molecule has 0 spiro atoms. The largest absolute Gasteiger partial charge is 0.480 e. The highest BCUT2D eigenvalue weighted by Crippen LogP contribution is 2.29. The van der Waals surface area contributed by atoms with Crippen molar-refractivity contribution in [3.8, 4) is 11.1 Å². The molecular weight excluding hydrogens is 542 g/mol. The zero-order valence-electron chi connectivity index (χ0n) is 23.6. The summed E-state index contributed by atoms with van der Waals surface area (Å²) in [6, 6.07) is 33.2. The molecule has 0 saturated heterocycles. The van der Waals surface area contributed by atoms with Crippen LogP contribution in [0.1, 0.15) is 40.2 Å². The standard InChI is InChI=1S/C34H35N5O4/c35-34(36)37-22-10-17-28(33(42)43)38-32(41)30(29(25-13-6-2-7-14-25)26-15-8-3-9-16-26)39-31(40)27-20-18-24(19-21-27)23-11-4-1-5-12-23/h1-9,11-16,18-21,28-30H,10,17,22H2,(H,38,41)(H,39,40)(H,42,43)(H4,35,36,37). The lowest BCUT2D eigenvalue weighted by molar-refractivity contribution is -0.142. The third-order valence-corrected chi connectivity index (χ3v) is 7.03. The number of benzene rings is 4. The van der Waals surface area contributed by atoms with Gasteiger partial charge in [0, 0.05) is 18.0 Å². The van der Waals surface area contributed by atoms with Crippen LogP contribution < -0.4 is 22.1 Å². The van der Waals surface area contributed by atoms with Gasteiger partial charge in [-0.3, -0.25) is 14.6 Å². The van der Waals surface area contributed by atoms with E-state index in [1.165, 1.54) is 0 Å². The van der Waals surface area contributed by atoms with Crippen LogP contribution in [0.3, 0.4) is 0 Å². The van der Waals surface area contributed by atoms with E-state index >= 15 is 0 Å². The lowest BCUT2D eigenvalue weighted by Gasteiger charge is -2.29. The Morgan fingerprint density at radius 2 is 1.21 bits per heavy atom. The van der Waals surface area contributed by atoms with E-state index in [2.05, 4.69) is 15.6 Å². The van der Waals surface area contributed by atoms with Crippen LogP contribution >= 0.6 is 0 Å². The lowest BCUT2D eigenvalue weighted by atomic mass is 9.84. The van der Waals surface area contributed by atoms with E-state index in [1.807, 2.05) is 103 Å². The Morgan fingerprint density at radius 3 is 1.72 bits per heavy atom. The van der Waals surface area contributed by atoms with Crippen molar-refractivity contribution in [2.75, 3.05) is 6.54 Å². The van der Waals surface area contributed by atoms with Crippen molar-refractivity contribution in [2.45, 2.75) is 30.8 Å². The average Bonchev–Trinajstić information content (AvgIpc) is 3.03. The van der Waals surface area contributed by atoms with E-state index in [9.17, 15) is 19.5 Å². The predicted molar refractivity (Wildman–Crippen MR) is 167 cm³/mol. The van der Waals surface area contributed by atoms with Crippen molar-refractivity contribution in [2.24, 2.45) is 16.5 Å². The normalized spacial score (nSPS) is 12.1. The number of carbonyl (C=O) groups is 3. The predicted octanol–water partition coefficient (Wildman–Crippen LogP) is 3.91. The van der Waals surface area contributed by atoms with Gasteiger partial charge in [0.05, 0.1) is 0 Å². The van der Waals surface area contributed by atoms with Gasteiger partial charge in [0.1, 0.15) is 12.1 Å². The maximum absolute atomic E-state index is 13.9. The summed E-state index contributed by atoms with van der Waals surface area (Å²) in [5, 5.41) is 15.4. The molecular formula is C34H35N5O4. The molecule has 9 heteroatoms. The third-order valence-electron chi connectivity index (χ3n) is 7.03. The maximum atomic E-state index is 13.9. The van der Waals surface area contributed by atoms with E-state index in [1.54, 1.807) is 12.1 Å². The Morgan fingerprint density at radius 1 is 0.698 bits per heavy atom. The molecule has 0 aliphatic rings. The molecule has 7 N–H and O–H groups in total. The van der Waals surface area contributed by atoms with E-state index in [4.69, 9.17) is 11.5 Å². The Balaban J connectivity index is 1.65. The summed E-state index contributed by atoms with van der Waals surface area (Å²) >= 11 is 0. The van der Waals surface area contributed by atoms with Gasteiger partial charge in [-0.1, -0.05) is 103 Å². The number of nitrogens with one attached hydrogen (secondary N) is 2. The highest BCUT2D eigenvalue weighted by molar-refractivity contribution is 5.99. The van der Waals surface area contributed by atoms with Crippen LogP contribution in [0.4, 0.5) is 0 Å². The molecule has 2 atom stereocenters. The minimum absolute atomic E-state index is 0.0935. The second-order valence-corrected chi connectivity index (χ2v) is 10.0. The number of amides is 2. The van der Waals surface area contributed by atoms with Crippen LogP contribution in [0.25, 0.3) is 11.1 Å². The molecule has 0 bridgehead atoms.